The summed E-state index contributed by atoms with van der Waals surface area (Å²) in [4.78, 5) is 14.8. The summed E-state index contributed by atoms with van der Waals surface area (Å²) in [5, 5.41) is 0.0705. The first kappa shape index (κ1) is 17.1. The van der Waals surface area contributed by atoms with Crippen molar-refractivity contribution >= 4 is 17.4 Å². The number of rotatable bonds is 4. The highest BCUT2D eigenvalue weighted by molar-refractivity contribution is 6.30. The van der Waals surface area contributed by atoms with Crippen molar-refractivity contribution in [2.24, 2.45) is 0 Å². The van der Waals surface area contributed by atoms with E-state index >= 15 is 0 Å². The fourth-order valence-corrected chi connectivity index (χ4v) is 3.29. The van der Waals surface area contributed by atoms with Gasteiger partial charge in [0.2, 0.25) is 0 Å². The van der Waals surface area contributed by atoms with E-state index in [1.54, 1.807) is 12.1 Å². The fourth-order valence-electron chi connectivity index (χ4n) is 3.11. The predicted octanol–water partition coefficient (Wildman–Crippen LogP) is 3.40. The number of halogens is 2. The topological polar surface area (TPSA) is 34.5 Å². The highest BCUT2D eigenvalue weighted by atomic mass is 35.5. The number of carbonyl (C=O) groups is 1. The lowest BCUT2D eigenvalue weighted by atomic mass is 10.1. The minimum absolute atomic E-state index is 0.0705. The first-order valence-corrected chi connectivity index (χ1v) is 8.33. The number of aryl methyl sites for hydroxylation is 1. The van der Waals surface area contributed by atoms with Gasteiger partial charge in [0.05, 0.1) is 24.8 Å². The van der Waals surface area contributed by atoms with Crippen LogP contribution in [0.2, 0.25) is 5.02 Å². The lowest BCUT2D eigenvalue weighted by Crippen LogP contribution is -2.39. The van der Waals surface area contributed by atoms with Crippen molar-refractivity contribution < 1.29 is 13.9 Å². The van der Waals surface area contributed by atoms with Gasteiger partial charge in [-0.25, -0.2) is 4.39 Å². The molecule has 1 aromatic heterocycles. The second-order valence-electron chi connectivity index (χ2n) is 6.03. The molecule has 0 aliphatic carbocycles. The summed E-state index contributed by atoms with van der Waals surface area (Å²) in [6.45, 7) is 7.10. The Morgan fingerprint density at radius 2 is 1.96 bits per heavy atom. The van der Waals surface area contributed by atoms with E-state index < -0.39 is 5.82 Å². The molecule has 2 aromatic rings. The van der Waals surface area contributed by atoms with Crippen LogP contribution in [0, 0.1) is 19.7 Å². The Balaban J connectivity index is 1.88. The summed E-state index contributed by atoms with van der Waals surface area (Å²) in [6.07, 6.45) is 0. The summed E-state index contributed by atoms with van der Waals surface area (Å²) < 4.78 is 20.6. The van der Waals surface area contributed by atoms with Crippen LogP contribution < -0.4 is 0 Å². The molecule has 2 heterocycles. The van der Waals surface area contributed by atoms with E-state index in [0.717, 1.165) is 30.2 Å². The minimum Gasteiger partial charge on any atom is -0.379 e. The number of nitrogens with zero attached hydrogens (tertiary/aromatic N) is 2. The van der Waals surface area contributed by atoms with Crippen molar-refractivity contribution in [1.29, 1.82) is 0 Å². The Labute approximate surface area is 145 Å². The summed E-state index contributed by atoms with van der Waals surface area (Å²) in [6, 6.07) is 6.46. The van der Waals surface area contributed by atoms with Gasteiger partial charge in [-0.15, -0.1) is 0 Å². The van der Waals surface area contributed by atoms with Crippen molar-refractivity contribution in [1.82, 2.24) is 9.47 Å². The normalized spacial score (nSPS) is 15.7. The zero-order chi connectivity index (χ0) is 17.3. The molecule has 0 spiro atoms. The van der Waals surface area contributed by atoms with Crippen molar-refractivity contribution in [3.05, 3.63) is 52.1 Å². The average molecular weight is 351 g/mol. The average Bonchev–Trinajstić information content (AvgIpc) is 2.86. The predicted molar refractivity (Wildman–Crippen MR) is 91.8 cm³/mol. The Hall–Kier alpha value is -1.69. The third-order valence-electron chi connectivity index (χ3n) is 4.36. The van der Waals surface area contributed by atoms with Crippen LogP contribution >= 0.6 is 11.6 Å². The second-order valence-corrected chi connectivity index (χ2v) is 6.44. The quantitative estimate of drug-likeness (QED) is 0.793. The van der Waals surface area contributed by atoms with Gasteiger partial charge < -0.3 is 9.30 Å². The highest BCUT2D eigenvalue weighted by Gasteiger charge is 2.20. The van der Waals surface area contributed by atoms with Gasteiger partial charge in [0.15, 0.2) is 5.78 Å². The highest BCUT2D eigenvalue weighted by Crippen LogP contribution is 2.25. The number of Topliss-reactive ketones (excluding diaryl/α,β-unsaturated/α-hetero) is 1. The van der Waals surface area contributed by atoms with Crippen LogP contribution in [0.15, 0.2) is 24.3 Å². The first-order valence-electron chi connectivity index (χ1n) is 7.95. The van der Waals surface area contributed by atoms with Gasteiger partial charge in [-0.05, 0) is 38.1 Å². The number of aromatic nitrogens is 1. The fraction of sp³-hybridized carbons (Fsp3) is 0.389. The van der Waals surface area contributed by atoms with Gasteiger partial charge in [0.1, 0.15) is 5.82 Å². The largest absolute Gasteiger partial charge is 0.379 e. The van der Waals surface area contributed by atoms with E-state index in [1.165, 1.54) is 6.07 Å². The molecule has 0 bridgehead atoms. The molecule has 1 saturated heterocycles. The minimum atomic E-state index is -0.452. The zero-order valence-electron chi connectivity index (χ0n) is 13.8. The number of ether oxygens (including phenoxy) is 1. The molecule has 0 saturated carbocycles. The Bertz CT molecular complexity index is 767. The molecule has 1 aromatic carbocycles. The van der Waals surface area contributed by atoms with Gasteiger partial charge >= 0.3 is 0 Å². The van der Waals surface area contributed by atoms with Crippen molar-refractivity contribution in [2.45, 2.75) is 13.8 Å². The SMILES string of the molecule is Cc1cc(C(=O)CN2CCOCC2)c(C)n1-c1ccc(F)c(Cl)c1. The molecule has 128 valence electrons. The van der Waals surface area contributed by atoms with E-state index in [2.05, 4.69) is 4.90 Å². The maximum atomic E-state index is 13.4. The van der Waals surface area contributed by atoms with Crippen molar-refractivity contribution in [3.63, 3.8) is 0 Å². The van der Waals surface area contributed by atoms with Gasteiger partial charge in [0.25, 0.3) is 0 Å². The van der Waals surface area contributed by atoms with Gasteiger partial charge in [-0.2, -0.15) is 0 Å². The number of ketones is 1. The smallest absolute Gasteiger partial charge is 0.178 e. The molecule has 1 aliphatic heterocycles. The third-order valence-corrected chi connectivity index (χ3v) is 4.65. The van der Waals surface area contributed by atoms with Crippen LogP contribution in [-0.2, 0) is 4.74 Å². The molecule has 24 heavy (non-hydrogen) atoms. The van der Waals surface area contributed by atoms with Crippen molar-refractivity contribution in [3.8, 4) is 5.69 Å². The number of carbonyl (C=O) groups excluding carboxylic acids is 1. The Morgan fingerprint density at radius 1 is 1.25 bits per heavy atom. The number of hydrogen-bond acceptors (Lipinski definition) is 3. The van der Waals surface area contributed by atoms with Crippen LogP contribution in [0.3, 0.4) is 0 Å². The van der Waals surface area contributed by atoms with Crippen molar-refractivity contribution in [2.75, 3.05) is 32.8 Å². The molecule has 1 fully saturated rings. The van der Waals surface area contributed by atoms with Crippen LogP contribution in [0.5, 0.6) is 0 Å². The number of morpholine rings is 1. The number of benzene rings is 1. The molecule has 4 nitrogen and oxygen atoms in total. The molecular formula is C18H20ClFN2O2. The summed E-state index contributed by atoms with van der Waals surface area (Å²) in [5.74, 6) is -0.365. The Kier molecular flexibility index (Phi) is 5.04. The van der Waals surface area contributed by atoms with E-state index in [1.807, 2.05) is 24.5 Å². The standard InChI is InChI=1S/C18H20ClFN2O2/c1-12-9-15(18(23)11-21-5-7-24-8-6-21)13(2)22(12)14-3-4-17(20)16(19)10-14/h3-4,9-10H,5-8,11H2,1-2H3. The van der Waals surface area contributed by atoms with Crippen LogP contribution in [0.4, 0.5) is 4.39 Å². The van der Waals surface area contributed by atoms with Gasteiger partial charge in [-0.1, -0.05) is 11.6 Å². The molecule has 0 unspecified atom stereocenters. The second kappa shape index (κ2) is 7.05. The molecular weight excluding hydrogens is 331 g/mol. The third kappa shape index (κ3) is 3.38. The zero-order valence-corrected chi connectivity index (χ0v) is 14.6. The molecule has 0 amide bonds. The van der Waals surface area contributed by atoms with Crippen LogP contribution in [0.1, 0.15) is 21.7 Å². The summed E-state index contributed by atoms with van der Waals surface area (Å²) >= 11 is 5.89. The van der Waals surface area contributed by atoms with Gasteiger partial charge in [-0.3, -0.25) is 9.69 Å². The van der Waals surface area contributed by atoms with E-state index in [0.29, 0.717) is 25.3 Å². The first-order chi connectivity index (χ1) is 11.5. The van der Waals surface area contributed by atoms with Gasteiger partial charge in [0, 0.05) is 35.7 Å². The van der Waals surface area contributed by atoms with Crippen LogP contribution in [-0.4, -0.2) is 48.1 Å². The monoisotopic (exact) mass is 350 g/mol. The van der Waals surface area contributed by atoms with E-state index in [4.69, 9.17) is 16.3 Å². The molecule has 0 radical (unpaired) electrons. The molecule has 3 rings (SSSR count). The van der Waals surface area contributed by atoms with Crippen LogP contribution in [0.25, 0.3) is 5.69 Å². The van der Waals surface area contributed by atoms with E-state index in [9.17, 15) is 9.18 Å². The molecule has 0 atom stereocenters. The lowest BCUT2D eigenvalue weighted by molar-refractivity contribution is 0.0371. The maximum Gasteiger partial charge on any atom is 0.178 e. The molecule has 6 heteroatoms. The maximum absolute atomic E-state index is 13.4. The van der Waals surface area contributed by atoms with E-state index in [-0.39, 0.29) is 10.8 Å². The Morgan fingerprint density at radius 3 is 2.62 bits per heavy atom. The number of hydrogen-bond donors (Lipinski definition) is 0. The molecule has 1 aliphatic rings. The lowest BCUT2D eigenvalue weighted by Gasteiger charge is -2.25. The summed E-state index contributed by atoms with van der Waals surface area (Å²) in [5.41, 5.74) is 3.20. The molecule has 0 N–H and O–H groups in total. The summed E-state index contributed by atoms with van der Waals surface area (Å²) in [7, 11) is 0.